The first-order valence-corrected chi connectivity index (χ1v) is 10.6. The smallest absolute Gasteiger partial charge is 0.263 e. The first-order valence-electron chi connectivity index (χ1n) is 7.87. The number of nitrogens with zero attached hydrogens (tertiary/aromatic N) is 1. The maximum Gasteiger partial charge on any atom is 0.263 e. The van der Waals surface area contributed by atoms with Gasteiger partial charge in [0, 0.05) is 10.4 Å². The van der Waals surface area contributed by atoms with E-state index in [9.17, 15) is 13.5 Å². The van der Waals surface area contributed by atoms with Gasteiger partial charge in [-0.1, -0.05) is 29.8 Å². The van der Waals surface area contributed by atoms with E-state index in [1.165, 1.54) is 6.07 Å². The second-order valence-electron chi connectivity index (χ2n) is 5.73. The summed E-state index contributed by atoms with van der Waals surface area (Å²) in [6.07, 6.45) is -0.998. The number of halogens is 1. The molecule has 2 aromatic carbocycles. The molecular weight excluding hydrogens is 408 g/mol. The van der Waals surface area contributed by atoms with E-state index in [1.807, 2.05) is 0 Å². The summed E-state index contributed by atoms with van der Waals surface area (Å²) < 4.78 is 32.8. The van der Waals surface area contributed by atoms with Crippen LogP contribution >= 0.6 is 22.9 Å². The van der Waals surface area contributed by atoms with Gasteiger partial charge < -0.3 is 9.84 Å². The molecule has 3 aromatic rings. The van der Waals surface area contributed by atoms with E-state index in [2.05, 4.69) is 9.71 Å². The minimum absolute atomic E-state index is 0.0834. The topological polar surface area (TPSA) is 88.5 Å². The fourth-order valence-electron chi connectivity index (χ4n) is 2.49. The molecule has 0 radical (unpaired) electrons. The molecule has 1 unspecified atom stereocenters. The Morgan fingerprint density at radius 2 is 2.00 bits per heavy atom. The zero-order valence-electron chi connectivity index (χ0n) is 14.5. The van der Waals surface area contributed by atoms with Gasteiger partial charge in [-0.2, -0.15) is 0 Å². The Morgan fingerprint density at radius 1 is 1.26 bits per heavy atom. The van der Waals surface area contributed by atoms with Crippen molar-refractivity contribution in [3.8, 4) is 5.75 Å². The predicted molar refractivity (Wildman–Crippen MR) is 106 cm³/mol. The summed E-state index contributed by atoms with van der Waals surface area (Å²) >= 11 is 7.10. The SMILES string of the molecule is COc1cccc(C(O)c2csc(NS(=O)(=O)c3cccc(Cl)c3C)n2)c1. The monoisotopic (exact) mass is 424 g/mol. The lowest BCUT2D eigenvalue weighted by Gasteiger charge is -2.10. The minimum Gasteiger partial charge on any atom is -0.497 e. The zero-order valence-corrected chi connectivity index (χ0v) is 16.9. The van der Waals surface area contributed by atoms with Crippen molar-refractivity contribution in [2.24, 2.45) is 0 Å². The summed E-state index contributed by atoms with van der Waals surface area (Å²) in [6, 6.07) is 11.6. The number of hydrogen-bond acceptors (Lipinski definition) is 6. The van der Waals surface area contributed by atoms with Crippen LogP contribution < -0.4 is 9.46 Å². The largest absolute Gasteiger partial charge is 0.497 e. The summed E-state index contributed by atoms with van der Waals surface area (Å²) in [7, 11) is -2.30. The Kier molecular flexibility index (Phi) is 5.71. The molecule has 6 nitrogen and oxygen atoms in total. The van der Waals surface area contributed by atoms with E-state index >= 15 is 0 Å². The average molecular weight is 425 g/mol. The van der Waals surface area contributed by atoms with Gasteiger partial charge in [0.25, 0.3) is 10.0 Å². The van der Waals surface area contributed by atoms with E-state index in [0.29, 0.717) is 27.6 Å². The molecule has 0 bridgehead atoms. The molecule has 0 fully saturated rings. The highest BCUT2D eigenvalue weighted by Gasteiger charge is 2.21. The van der Waals surface area contributed by atoms with Crippen LogP contribution in [0, 0.1) is 6.92 Å². The minimum atomic E-state index is -3.84. The second-order valence-corrected chi connectivity index (χ2v) is 8.64. The van der Waals surface area contributed by atoms with Crippen LogP contribution in [0.2, 0.25) is 5.02 Å². The highest BCUT2D eigenvalue weighted by Crippen LogP contribution is 2.30. The van der Waals surface area contributed by atoms with Crippen molar-refractivity contribution in [3.05, 3.63) is 69.7 Å². The number of nitrogens with one attached hydrogen (secondary N) is 1. The average Bonchev–Trinajstić information content (AvgIpc) is 3.11. The van der Waals surface area contributed by atoms with E-state index in [4.69, 9.17) is 16.3 Å². The third-order valence-electron chi connectivity index (χ3n) is 3.94. The molecule has 0 aliphatic rings. The number of aromatic nitrogens is 1. The lowest BCUT2D eigenvalue weighted by molar-refractivity contribution is 0.215. The second kappa shape index (κ2) is 7.85. The highest BCUT2D eigenvalue weighted by atomic mass is 35.5. The summed E-state index contributed by atoms with van der Waals surface area (Å²) in [4.78, 5) is 4.29. The fraction of sp³-hybridized carbons (Fsp3) is 0.167. The van der Waals surface area contributed by atoms with Crippen molar-refractivity contribution >= 4 is 38.1 Å². The summed E-state index contributed by atoms with van der Waals surface area (Å²) in [5, 5.41) is 12.6. The Bertz CT molecular complexity index is 1070. The van der Waals surface area contributed by atoms with Gasteiger partial charge in [-0.15, -0.1) is 11.3 Å². The fourth-order valence-corrected chi connectivity index (χ4v) is 4.97. The number of benzene rings is 2. The van der Waals surface area contributed by atoms with Gasteiger partial charge in [0.1, 0.15) is 11.9 Å². The predicted octanol–water partition coefficient (Wildman–Crippen LogP) is 4.00. The number of sulfonamides is 1. The van der Waals surface area contributed by atoms with Crippen molar-refractivity contribution in [1.29, 1.82) is 0 Å². The normalized spacial score (nSPS) is 12.6. The molecule has 0 saturated heterocycles. The molecular formula is C18H17ClN2O4S2. The molecule has 0 saturated carbocycles. The van der Waals surface area contributed by atoms with Gasteiger partial charge >= 0.3 is 0 Å². The highest BCUT2D eigenvalue weighted by molar-refractivity contribution is 7.93. The molecule has 0 aliphatic heterocycles. The molecule has 2 N–H and O–H groups in total. The first-order chi connectivity index (χ1) is 12.8. The number of methoxy groups -OCH3 is 1. The number of hydrogen-bond donors (Lipinski definition) is 2. The number of aliphatic hydroxyl groups is 1. The number of rotatable bonds is 6. The Labute approximate surface area is 166 Å². The van der Waals surface area contributed by atoms with Crippen molar-refractivity contribution < 1.29 is 18.3 Å². The van der Waals surface area contributed by atoms with E-state index in [0.717, 1.165) is 11.3 Å². The summed E-state index contributed by atoms with van der Waals surface area (Å²) in [5.41, 5.74) is 1.40. The summed E-state index contributed by atoms with van der Waals surface area (Å²) in [6.45, 7) is 1.64. The lowest BCUT2D eigenvalue weighted by atomic mass is 10.1. The Balaban J connectivity index is 1.84. The van der Waals surface area contributed by atoms with Crippen LogP contribution in [0.1, 0.15) is 22.9 Å². The number of aliphatic hydroxyl groups excluding tert-OH is 1. The molecule has 9 heteroatoms. The van der Waals surface area contributed by atoms with Crippen molar-refractivity contribution in [1.82, 2.24) is 4.98 Å². The van der Waals surface area contributed by atoms with Crippen molar-refractivity contribution in [2.75, 3.05) is 11.8 Å². The van der Waals surface area contributed by atoms with Gasteiger partial charge in [-0.3, -0.25) is 4.72 Å². The summed E-state index contributed by atoms with van der Waals surface area (Å²) in [5.74, 6) is 0.610. The Morgan fingerprint density at radius 3 is 2.74 bits per heavy atom. The van der Waals surface area contributed by atoms with Gasteiger partial charge in [0.2, 0.25) is 0 Å². The quantitative estimate of drug-likeness (QED) is 0.624. The molecule has 1 aromatic heterocycles. The van der Waals surface area contributed by atoms with Gasteiger partial charge in [0.05, 0.1) is 17.7 Å². The van der Waals surface area contributed by atoms with Crippen LogP contribution in [0.25, 0.3) is 0 Å². The van der Waals surface area contributed by atoms with Crippen molar-refractivity contribution in [2.45, 2.75) is 17.9 Å². The number of anilines is 1. The molecule has 3 rings (SSSR count). The number of ether oxygens (including phenoxy) is 1. The molecule has 0 spiro atoms. The molecule has 27 heavy (non-hydrogen) atoms. The molecule has 0 amide bonds. The third-order valence-corrected chi connectivity index (χ3v) is 6.74. The first kappa shape index (κ1) is 19.6. The van der Waals surface area contributed by atoms with Gasteiger partial charge in [-0.25, -0.2) is 13.4 Å². The number of thiazole rings is 1. The van der Waals surface area contributed by atoms with Gasteiger partial charge in [-0.05, 0) is 42.3 Å². The van der Waals surface area contributed by atoms with E-state index < -0.39 is 16.1 Å². The van der Waals surface area contributed by atoms with Crippen LogP contribution in [0.5, 0.6) is 5.75 Å². The van der Waals surface area contributed by atoms with Gasteiger partial charge in [0.15, 0.2) is 5.13 Å². The lowest BCUT2D eigenvalue weighted by Crippen LogP contribution is -2.14. The maximum atomic E-state index is 12.6. The molecule has 1 heterocycles. The Hall–Kier alpha value is -2.13. The van der Waals surface area contributed by atoms with Crippen LogP contribution in [0.3, 0.4) is 0 Å². The molecule has 0 aliphatic carbocycles. The zero-order chi connectivity index (χ0) is 19.6. The van der Waals surface area contributed by atoms with Crippen LogP contribution in [-0.4, -0.2) is 25.6 Å². The maximum absolute atomic E-state index is 12.6. The van der Waals surface area contributed by atoms with Crippen LogP contribution in [0.15, 0.2) is 52.7 Å². The molecule has 142 valence electrons. The van der Waals surface area contributed by atoms with Crippen molar-refractivity contribution in [3.63, 3.8) is 0 Å². The van der Waals surface area contributed by atoms with E-state index in [1.54, 1.807) is 55.8 Å². The standard InChI is InChI=1S/C18H17ClN2O4S2/c1-11-14(19)7-4-8-16(11)27(23,24)21-18-20-15(10-26-18)17(22)12-5-3-6-13(9-12)25-2/h3-10,17,22H,1-2H3,(H,20,21). The van der Waals surface area contributed by atoms with Crippen LogP contribution in [0.4, 0.5) is 5.13 Å². The van der Waals surface area contributed by atoms with Crippen LogP contribution in [-0.2, 0) is 10.0 Å². The van der Waals surface area contributed by atoms with E-state index in [-0.39, 0.29) is 10.0 Å². The third kappa shape index (κ3) is 4.24. The molecule has 1 atom stereocenters.